The summed E-state index contributed by atoms with van der Waals surface area (Å²) in [4.78, 5) is 16.9. The van der Waals surface area contributed by atoms with Gasteiger partial charge in [0.2, 0.25) is 5.71 Å². The van der Waals surface area contributed by atoms with Gasteiger partial charge in [-0.2, -0.15) is 15.6 Å². The number of methoxy groups -OCH3 is 1. The number of halogens is 1. The summed E-state index contributed by atoms with van der Waals surface area (Å²) in [6.45, 7) is 2.53. The van der Waals surface area contributed by atoms with Gasteiger partial charge in [0.15, 0.2) is 0 Å². The molecule has 1 saturated heterocycles. The third-order valence-electron chi connectivity index (χ3n) is 4.70. The number of nitrogens with one attached hydrogen (secondary N) is 1. The highest BCUT2D eigenvalue weighted by Gasteiger charge is 2.24. The van der Waals surface area contributed by atoms with E-state index in [1.165, 1.54) is 7.11 Å². The number of ether oxygens (including phenoxy) is 1. The lowest BCUT2D eigenvalue weighted by molar-refractivity contribution is 0.0743. The van der Waals surface area contributed by atoms with Crippen LogP contribution in [-0.4, -0.2) is 49.8 Å². The summed E-state index contributed by atoms with van der Waals surface area (Å²) in [5.41, 5.74) is 4.58. The van der Waals surface area contributed by atoms with Gasteiger partial charge < -0.3 is 14.5 Å². The molecule has 9 heteroatoms. The quantitative estimate of drug-likeness (QED) is 0.586. The lowest BCUT2D eigenvalue weighted by atomic mass is 10.1. The highest BCUT2D eigenvalue weighted by molar-refractivity contribution is 6.31. The van der Waals surface area contributed by atoms with E-state index in [0.717, 1.165) is 5.69 Å². The maximum Gasteiger partial charge on any atom is 0.257 e. The van der Waals surface area contributed by atoms with Crippen molar-refractivity contribution in [2.24, 2.45) is 5.10 Å². The van der Waals surface area contributed by atoms with E-state index in [9.17, 15) is 4.79 Å². The summed E-state index contributed by atoms with van der Waals surface area (Å²) in [6, 6.07) is 15.9. The van der Waals surface area contributed by atoms with Crippen LogP contribution in [0.2, 0.25) is 5.02 Å². The van der Waals surface area contributed by atoms with Crippen LogP contribution in [-0.2, 0) is 0 Å². The van der Waals surface area contributed by atoms with Crippen LogP contribution in [0.3, 0.4) is 0 Å². The van der Waals surface area contributed by atoms with E-state index in [4.69, 9.17) is 26.9 Å². The molecular weight excluding hydrogens is 404 g/mol. The van der Waals surface area contributed by atoms with Crippen LogP contribution in [0.4, 0.5) is 11.4 Å². The van der Waals surface area contributed by atoms with Crippen LogP contribution in [0, 0.1) is 22.7 Å². The molecule has 0 aromatic heterocycles. The van der Waals surface area contributed by atoms with Crippen molar-refractivity contribution < 1.29 is 9.53 Å². The fraction of sp³-hybridized carbons (Fsp3) is 0.238. The molecule has 152 valence electrons. The van der Waals surface area contributed by atoms with Crippen molar-refractivity contribution in [3.63, 3.8) is 0 Å². The van der Waals surface area contributed by atoms with Crippen LogP contribution in [0.15, 0.2) is 47.6 Å². The average molecular weight is 423 g/mol. The number of anilines is 2. The number of hydrogen-bond acceptors (Lipinski definition) is 7. The van der Waals surface area contributed by atoms with Crippen molar-refractivity contribution in [1.82, 2.24) is 4.90 Å². The summed E-state index contributed by atoms with van der Waals surface area (Å²) in [5, 5.41) is 21.6. The minimum Gasteiger partial charge on any atom is -0.496 e. The fourth-order valence-electron chi connectivity index (χ4n) is 3.13. The number of amides is 1. The Labute approximate surface area is 179 Å². The maximum atomic E-state index is 12.9. The first-order chi connectivity index (χ1) is 14.5. The van der Waals surface area contributed by atoms with Crippen LogP contribution in [0.1, 0.15) is 10.4 Å². The molecule has 0 aliphatic carbocycles. The van der Waals surface area contributed by atoms with Crippen LogP contribution in [0.5, 0.6) is 5.75 Å². The summed E-state index contributed by atoms with van der Waals surface area (Å²) < 4.78 is 5.30. The summed E-state index contributed by atoms with van der Waals surface area (Å²) in [5.74, 6) is 0.408. The van der Waals surface area contributed by atoms with Gasteiger partial charge in [0, 0.05) is 36.9 Å². The van der Waals surface area contributed by atoms with Crippen molar-refractivity contribution in [2.75, 3.05) is 43.6 Å². The van der Waals surface area contributed by atoms with E-state index in [0.29, 0.717) is 48.2 Å². The molecule has 0 radical (unpaired) electrons. The SMILES string of the molecule is COc1ccc(Cl)cc1C(=O)N1CCN(c2ccc(NN=C(C#N)C#N)cc2)CC1. The molecule has 3 rings (SSSR count). The number of carbonyl (C=O) groups excluding carboxylic acids is 1. The first-order valence-corrected chi connectivity index (χ1v) is 9.55. The van der Waals surface area contributed by atoms with E-state index in [1.807, 2.05) is 24.3 Å². The first kappa shape index (κ1) is 21.0. The Morgan fingerprint density at radius 1 is 1.10 bits per heavy atom. The van der Waals surface area contributed by atoms with Gasteiger partial charge in [-0.05, 0) is 42.5 Å². The minimum atomic E-state index is -0.240. The Balaban J connectivity index is 1.61. The number of benzene rings is 2. The van der Waals surface area contributed by atoms with E-state index in [-0.39, 0.29) is 11.6 Å². The highest BCUT2D eigenvalue weighted by Crippen LogP contribution is 2.25. The largest absolute Gasteiger partial charge is 0.496 e. The number of carbonyl (C=O) groups is 1. The summed E-state index contributed by atoms with van der Waals surface area (Å²) >= 11 is 6.05. The molecule has 1 N–H and O–H groups in total. The fourth-order valence-corrected chi connectivity index (χ4v) is 3.30. The van der Waals surface area contributed by atoms with Crippen molar-refractivity contribution in [1.29, 1.82) is 10.5 Å². The van der Waals surface area contributed by atoms with Gasteiger partial charge in [-0.1, -0.05) is 11.6 Å². The smallest absolute Gasteiger partial charge is 0.257 e. The number of nitriles is 2. The van der Waals surface area contributed by atoms with Gasteiger partial charge in [-0.15, -0.1) is 0 Å². The minimum absolute atomic E-state index is 0.0998. The normalized spacial score (nSPS) is 13.1. The molecule has 30 heavy (non-hydrogen) atoms. The van der Waals surface area contributed by atoms with Gasteiger partial charge in [0.25, 0.3) is 5.91 Å². The number of hydrazone groups is 1. The Morgan fingerprint density at radius 2 is 1.77 bits per heavy atom. The average Bonchev–Trinajstić information content (AvgIpc) is 2.80. The lowest BCUT2D eigenvalue weighted by Crippen LogP contribution is -2.48. The van der Waals surface area contributed by atoms with Crippen LogP contribution >= 0.6 is 11.6 Å². The van der Waals surface area contributed by atoms with E-state index in [1.54, 1.807) is 35.2 Å². The second-order valence-electron chi connectivity index (χ2n) is 6.47. The zero-order valence-corrected chi connectivity index (χ0v) is 17.1. The standard InChI is InChI=1S/C21H19ClN6O2/c1-30-20-7-2-15(22)12-19(20)21(29)28-10-8-27(9-11-28)18-5-3-16(4-6-18)25-26-17(13-23)14-24/h2-7,12,25H,8-11H2,1H3. The monoisotopic (exact) mass is 422 g/mol. The third-order valence-corrected chi connectivity index (χ3v) is 4.93. The molecule has 2 aromatic rings. The Morgan fingerprint density at radius 3 is 2.37 bits per heavy atom. The van der Waals surface area contributed by atoms with E-state index >= 15 is 0 Å². The van der Waals surface area contributed by atoms with Crippen LogP contribution in [0.25, 0.3) is 0 Å². The van der Waals surface area contributed by atoms with Crippen molar-refractivity contribution in [3.05, 3.63) is 53.1 Å². The molecule has 0 saturated carbocycles. The van der Waals surface area contributed by atoms with E-state index in [2.05, 4.69) is 15.4 Å². The Hall–Kier alpha value is -3.75. The van der Waals surface area contributed by atoms with Crippen molar-refractivity contribution >= 4 is 34.6 Å². The number of nitrogens with zero attached hydrogens (tertiary/aromatic N) is 5. The van der Waals surface area contributed by atoms with Gasteiger partial charge in [0.05, 0.1) is 18.4 Å². The molecule has 0 unspecified atom stereocenters. The summed E-state index contributed by atoms with van der Waals surface area (Å²) in [7, 11) is 1.53. The zero-order valence-electron chi connectivity index (χ0n) is 16.3. The molecule has 1 heterocycles. The topological polar surface area (TPSA) is 105 Å². The van der Waals surface area contributed by atoms with Gasteiger partial charge >= 0.3 is 0 Å². The van der Waals surface area contributed by atoms with Gasteiger partial charge in [0.1, 0.15) is 17.9 Å². The molecular formula is C21H19ClN6O2. The molecule has 1 aliphatic rings. The molecule has 1 fully saturated rings. The van der Waals surface area contributed by atoms with E-state index < -0.39 is 0 Å². The Bertz CT molecular complexity index is 1010. The maximum absolute atomic E-state index is 12.9. The van der Waals surface area contributed by atoms with Crippen molar-refractivity contribution in [3.8, 4) is 17.9 Å². The highest BCUT2D eigenvalue weighted by atomic mass is 35.5. The molecule has 2 aromatic carbocycles. The lowest BCUT2D eigenvalue weighted by Gasteiger charge is -2.36. The summed E-state index contributed by atoms with van der Waals surface area (Å²) in [6.07, 6.45) is 0. The predicted octanol–water partition coefficient (Wildman–Crippen LogP) is 3.13. The number of piperazine rings is 1. The van der Waals surface area contributed by atoms with Crippen molar-refractivity contribution in [2.45, 2.75) is 0 Å². The number of rotatable bonds is 5. The second-order valence-corrected chi connectivity index (χ2v) is 6.90. The Kier molecular flexibility index (Phi) is 6.74. The number of hydrogen-bond donors (Lipinski definition) is 1. The molecule has 0 bridgehead atoms. The second kappa shape index (κ2) is 9.64. The molecule has 0 atom stereocenters. The first-order valence-electron chi connectivity index (χ1n) is 9.17. The van der Waals surface area contributed by atoms with Crippen LogP contribution < -0.4 is 15.1 Å². The van der Waals surface area contributed by atoms with Gasteiger partial charge in [-0.3, -0.25) is 10.2 Å². The molecule has 1 amide bonds. The molecule has 8 nitrogen and oxygen atoms in total. The van der Waals surface area contributed by atoms with Gasteiger partial charge in [-0.25, -0.2) is 0 Å². The predicted molar refractivity (Wildman–Crippen MR) is 115 cm³/mol. The zero-order chi connectivity index (χ0) is 21.5. The third kappa shape index (κ3) is 4.80. The molecule has 1 aliphatic heterocycles. The molecule has 0 spiro atoms.